The van der Waals surface area contributed by atoms with Gasteiger partial charge in [0.1, 0.15) is 11.6 Å². The molecule has 328 valence electrons. The van der Waals surface area contributed by atoms with Crippen molar-refractivity contribution in [2.45, 2.75) is 13.1 Å². The SMILES string of the molecule is Cc1cccc(C(F)(F)F)c1-c1cc(-n2c3cc(-c4ncccn4)ccc3c3ccc(-c4ncccn4)cc32)c(C#N)c(-n2c3cc(-c4ncccn4)ccc3c3ccc(-c4ncccn4)cc32)c1. The van der Waals surface area contributed by atoms with E-state index in [4.69, 9.17) is 0 Å². The molecule has 11 nitrogen and oxygen atoms in total. The summed E-state index contributed by atoms with van der Waals surface area (Å²) in [7, 11) is 0. The fourth-order valence-electron chi connectivity index (χ4n) is 9.42. The molecule has 6 aromatic carbocycles. The van der Waals surface area contributed by atoms with E-state index in [-0.39, 0.29) is 16.7 Å². The Kier molecular flexibility index (Phi) is 9.59. The predicted octanol–water partition coefficient (Wildman–Crippen LogP) is 12.6. The van der Waals surface area contributed by atoms with E-state index >= 15 is 13.2 Å². The normalized spacial score (nSPS) is 11.8. The van der Waals surface area contributed by atoms with Crippen LogP contribution in [-0.2, 0) is 6.18 Å². The number of hydrogen-bond acceptors (Lipinski definition) is 9. The number of aryl methyl sites for hydroxylation is 1. The summed E-state index contributed by atoms with van der Waals surface area (Å²) in [4.78, 5) is 36.3. The molecule has 14 heteroatoms. The zero-order chi connectivity index (χ0) is 46.8. The van der Waals surface area contributed by atoms with Gasteiger partial charge in [0.2, 0.25) is 0 Å². The van der Waals surface area contributed by atoms with Gasteiger partial charge in [-0.15, -0.1) is 0 Å². The van der Waals surface area contributed by atoms with Crippen molar-refractivity contribution in [3.05, 3.63) is 194 Å². The van der Waals surface area contributed by atoms with Gasteiger partial charge in [0, 0.05) is 93.4 Å². The summed E-state index contributed by atoms with van der Waals surface area (Å²) in [6, 6.07) is 40.5. The summed E-state index contributed by atoms with van der Waals surface area (Å²) in [5.41, 5.74) is 6.08. The number of rotatable bonds is 7. The monoisotopic (exact) mass is 903 g/mol. The van der Waals surface area contributed by atoms with Gasteiger partial charge in [-0.05, 0) is 90.3 Å². The summed E-state index contributed by atoms with van der Waals surface area (Å²) in [5, 5.41) is 15.1. The number of nitrogens with zero attached hydrogens (tertiary/aromatic N) is 11. The van der Waals surface area contributed by atoms with Gasteiger partial charge in [-0.1, -0.05) is 60.7 Å². The fourth-order valence-corrected chi connectivity index (χ4v) is 9.42. The molecule has 0 saturated carbocycles. The van der Waals surface area contributed by atoms with Crippen molar-refractivity contribution in [2.75, 3.05) is 0 Å². The van der Waals surface area contributed by atoms with Crippen molar-refractivity contribution in [1.82, 2.24) is 49.0 Å². The van der Waals surface area contributed by atoms with E-state index < -0.39 is 11.7 Å². The molecule has 0 spiro atoms. The molecule has 0 bridgehead atoms. The maximum atomic E-state index is 15.4. The molecular weight excluding hydrogens is 872 g/mol. The van der Waals surface area contributed by atoms with Crippen LogP contribution in [0.5, 0.6) is 0 Å². The van der Waals surface area contributed by atoms with Gasteiger partial charge in [-0.3, -0.25) is 0 Å². The van der Waals surface area contributed by atoms with Crippen LogP contribution in [0.4, 0.5) is 13.2 Å². The summed E-state index contributed by atoms with van der Waals surface area (Å²) < 4.78 is 49.9. The van der Waals surface area contributed by atoms with Crippen molar-refractivity contribution in [2.24, 2.45) is 0 Å². The topological polar surface area (TPSA) is 137 Å². The van der Waals surface area contributed by atoms with E-state index in [9.17, 15) is 5.26 Å². The Bertz CT molecular complexity index is 3600. The number of nitriles is 1. The first-order valence-electron chi connectivity index (χ1n) is 21.8. The zero-order valence-corrected chi connectivity index (χ0v) is 36.3. The second-order valence-corrected chi connectivity index (χ2v) is 16.4. The van der Waals surface area contributed by atoms with E-state index in [0.29, 0.717) is 84.6 Å². The van der Waals surface area contributed by atoms with E-state index in [0.717, 1.165) is 27.6 Å². The molecular formula is C55H32F3N11. The van der Waals surface area contributed by atoms with E-state index in [1.54, 1.807) is 99.0 Å². The lowest BCUT2D eigenvalue weighted by atomic mass is 9.92. The second kappa shape index (κ2) is 16.1. The summed E-state index contributed by atoms with van der Waals surface area (Å²) in [6.45, 7) is 1.67. The van der Waals surface area contributed by atoms with Gasteiger partial charge in [0.25, 0.3) is 0 Å². The highest BCUT2D eigenvalue weighted by molar-refractivity contribution is 6.13. The number of aromatic nitrogens is 10. The van der Waals surface area contributed by atoms with Crippen LogP contribution in [-0.4, -0.2) is 49.0 Å². The van der Waals surface area contributed by atoms with E-state index in [1.807, 2.05) is 81.9 Å². The first-order chi connectivity index (χ1) is 33.7. The van der Waals surface area contributed by atoms with Crippen LogP contribution in [0.15, 0.2) is 177 Å². The van der Waals surface area contributed by atoms with Crippen LogP contribution in [0, 0.1) is 18.3 Å². The molecule has 0 unspecified atom stereocenters. The van der Waals surface area contributed by atoms with Crippen LogP contribution in [0.1, 0.15) is 16.7 Å². The van der Waals surface area contributed by atoms with Crippen molar-refractivity contribution in [1.29, 1.82) is 5.26 Å². The Balaban J connectivity index is 1.26. The third-order valence-corrected chi connectivity index (χ3v) is 12.4. The lowest BCUT2D eigenvalue weighted by Crippen LogP contribution is -2.10. The minimum atomic E-state index is -4.72. The van der Waals surface area contributed by atoms with Gasteiger partial charge in [-0.25, -0.2) is 39.9 Å². The number of halogens is 3. The Morgan fingerprint density at radius 2 is 0.754 bits per heavy atom. The smallest absolute Gasteiger partial charge is 0.308 e. The Morgan fingerprint density at radius 1 is 0.420 bits per heavy atom. The summed E-state index contributed by atoms with van der Waals surface area (Å²) in [6.07, 6.45) is 8.57. The third kappa shape index (κ3) is 6.91. The lowest BCUT2D eigenvalue weighted by molar-refractivity contribution is -0.137. The van der Waals surface area contributed by atoms with Crippen LogP contribution in [0.25, 0.3) is 112 Å². The molecule has 0 N–H and O–H groups in total. The minimum absolute atomic E-state index is 0.0213. The molecule has 0 atom stereocenters. The minimum Gasteiger partial charge on any atom is -0.308 e. The molecule has 0 fully saturated rings. The molecule has 0 radical (unpaired) electrons. The first-order valence-corrected chi connectivity index (χ1v) is 21.8. The lowest BCUT2D eigenvalue weighted by Gasteiger charge is -2.21. The fraction of sp³-hybridized carbons (Fsp3) is 0.0364. The van der Waals surface area contributed by atoms with Gasteiger partial charge in [-0.2, -0.15) is 18.4 Å². The number of fused-ring (bicyclic) bond motifs is 6. The molecule has 0 aliphatic rings. The van der Waals surface area contributed by atoms with Crippen LogP contribution in [0.2, 0.25) is 0 Å². The zero-order valence-electron chi connectivity index (χ0n) is 36.3. The summed E-state index contributed by atoms with van der Waals surface area (Å²) >= 11 is 0. The summed E-state index contributed by atoms with van der Waals surface area (Å²) in [5.74, 6) is 1.89. The number of hydrogen-bond donors (Lipinski definition) is 0. The molecule has 0 saturated heterocycles. The highest BCUT2D eigenvalue weighted by Crippen LogP contribution is 2.45. The van der Waals surface area contributed by atoms with E-state index in [2.05, 4.69) is 45.9 Å². The van der Waals surface area contributed by atoms with Gasteiger partial charge in [0.15, 0.2) is 23.3 Å². The van der Waals surface area contributed by atoms with Crippen LogP contribution < -0.4 is 0 Å². The second-order valence-electron chi connectivity index (χ2n) is 16.4. The average molecular weight is 904 g/mol. The van der Waals surface area contributed by atoms with Crippen molar-refractivity contribution in [3.63, 3.8) is 0 Å². The van der Waals surface area contributed by atoms with E-state index in [1.165, 1.54) is 6.07 Å². The largest absolute Gasteiger partial charge is 0.417 e. The Morgan fingerprint density at radius 3 is 1.06 bits per heavy atom. The average Bonchev–Trinajstić information content (AvgIpc) is 3.90. The van der Waals surface area contributed by atoms with Gasteiger partial charge in [0.05, 0.1) is 39.0 Å². The highest BCUT2D eigenvalue weighted by Gasteiger charge is 2.35. The maximum Gasteiger partial charge on any atom is 0.417 e. The molecule has 6 aromatic heterocycles. The van der Waals surface area contributed by atoms with Crippen LogP contribution >= 0.6 is 0 Å². The van der Waals surface area contributed by atoms with Crippen molar-refractivity contribution in [3.8, 4) is 74.1 Å². The maximum absolute atomic E-state index is 15.4. The molecule has 6 heterocycles. The molecule has 0 aliphatic carbocycles. The van der Waals surface area contributed by atoms with Crippen LogP contribution in [0.3, 0.4) is 0 Å². The van der Waals surface area contributed by atoms with Gasteiger partial charge >= 0.3 is 6.18 Å². The highest BCUT2D eigenvalue weighted by atomic mass is 19.4. The standard InChI is InChI=1S/C55H32F3N11/c1-32-7-2-8-43(55(56,57)58)50(32)37-29-48(68-44-25-33(51-60-17-3-18-61-51)9-13-38(44)39-14-10-34(26-45(39)68)52-62-19-4-20-63-52)42(31-59)49(30-37)69-46-27-35(53-64-21-5-22-65-53)11-15-40(46)41-16-12-36(28-47(41)69)54-66-23-6-24-67-54/h2-30H,1H3. The third-order valence-electron chi connectivity index (χ3n) is 12.4. The molecule has 69 heavy (non-hydrogen) atoms. The predicted molar refractivity (Wildman–Crippen MR) is 259 cm³/mol. The number of benzene rings is 6. The Hall–Kier alpha value is -9.48. The molecule has 12 rings (SSSR count). The molecule has 0 amide bonds. The molecule has 12 aromatic rings. The quantitative estimate of drug-likeness (QED) is 0.153. The Labute approximate surface area is 390 Å². The van der Waals surface area contributed by atoms with Gasteiger partial charge < -0.3 is 9.13 Å². The van der Waals surface area contributed by atoms with Crippen molar-refractivity contribution >= 4 is 43.6 Å². The first kappa shape index (κ1) is 41.0. The van der Waals surface area contributed by atoms with Crippen molar-refractivity contribution < 1.29 is 13.2 Å². The molecule has 0 aliphatic heterocycles. The number of alkyl halides is 3.